The van der Waals surface area contributed by atoms with E-state index in [9.17, 15) is 9.59 Å². The second-order valence-corrected chi connectivity index (χ2v) is 6.21. The molecule has 1 fully saturated rings. The van der Waals surface area contributed by atoms with Crippen LogP contribution in [0.3, 0.4) is 0 Å². The molecule has 1 atom stereocenters. The van der Waals surface area contributed by atoms with Crippen molar-refractivity contribution in [2.24, 2.45) is 5.92 Å². The summed E-state index contributed by atoms with van der Waals surface area (Å²) < 4.78 is 1.53. The lowest BCUT2D eigenvalue weighted by Crippen LogP contribution is -2.27. The van der Waals surface area contributed by atoms with Gasteiger partial charge in [-0.3, -0.25) is 14.2 Å². The van der Waals surface area contributed by atoms with Gasteiger partial charge in [0.25, 0.3) is 0 Å². The monoisotopic (exact) mass is 339 g/mol. The first-order chi connectivity index (χ1) is 11.6. The Morgan fingerprint density at radius 1 is 1.12 bits per heavy atom. The van der Waals surface area contributed by atoms with E-state index in [4.69, 9.17) is 11.6 Å². The van der Waals surface area contributed by atoms with Gasteiger partial charge >= 0.3 is 0 Å². The Kier molecular flexibility index (Phi) is 3.58. The molecule has 0 spiro atoms. The maximum absolute atomic E-state index is 12.8. The van der Waals surface area contributed by atoms with E-state index in [1.54, 1.807) is 17.0 Å². The molecule has 3 aromatic rings. The van der Waals surface area contributed by atoms with Crippen LogP contribution >= 0.6 is 11.6 Å². The van der Waals surface area contributed by atoms with Crippen LogP contribution in [0.25, 0.3) is 11.0 Å². The van der Waals surface area contributed by atoms with Gasteiger partial charge in [-0.1, -0.05) is 35.9 Å². The maximum atomic E-state index is 12.8. The number of para-hydroxylation sites is 3. The molecule has 1 aliphatic rings. The summed E-state index contributed by atoms with van der Waals surface area (Å²) in [5, 5.41) is 0.507. The molecule has 0 saturated carbocycles. The summed E-state index contributed by atoms with van der Waals surface area (Å²) in [6.07, 6.45) is 1.70. The number of halogens is 1. The molecule has 6 heteroatoms. The van der Waals surface area contributed by atoms with Gasteiger partial charge in [0.05, 0.1) is 27.7 Å². The lowest BCUT2D eigenvalue weighted by Gasteiger charge is -2.18. The maximum Gasteiger partial charge on any atom is 0.237 e. The Morgan fingerprint density at radius 2 is 1.88 bits per heavy atom. The minimum atomic E-state index is -0.411. The zero-order valence-corrected chi connectivity index (χ0v) is 13.5. The first-order valence-electron chi connectivity index (χ1n) is 7.66. The third-order valence-corrected chi connectivity index (χ3v) is 4.63. The van der Waals surface area contributed by atoms with E-state index < -0.39 is 5.92 Å². The number of aromatic nitrogens is 2. The summed E-state index contributed by atoms with van der Waals surface area (Å²) in [6.45, 7) is 0.327. The Balaban J connectivity index is 1.63. The highest BCUT2D eigenvalue weighted by molar-refractivity contribution is 6.33. The average Bonchev–Trinajstić information content (AvgIpc) is 3.18. The topological polar surface area (TPSA) is 55.2 Å². The molecule has 2 aromatic carbocycles. The van der Waals surface area contributed by atoms with Crippen molar-refractivity contribution in [1.82, 2.24) is 9.55 Å². The molecule has 2 heterocycles. The molecule has 1 unspecified atom stereocenters. The second-order valence-electron chi connectivity index (χ2n) is 5.80. The van der Waals surface area contributed by atoms with Gasteiger partial charge in [0.15, 0.2) is 0 Å². The van der Waals surface area contributed by atoms with E-state index in [1.807, 2.05) is 36.4 Å². The van der Waals surface area contributed by atoms with Gasteiger partial charge in [-0.15, -0.1) is 0 Å². The first-order valence-corrected chi connectivity index (χ1v) is 8.04. The highest BCUT2D eigenvalue weighted by atomic mass is 35.5. The number of fused-ring (bicyclic) bond motifs is 1. The SMILES string of the molecule is O=C1CC(C(=O)n2cnc3ccccc32)CN1c1ccccc1Cl. The molecule has 24 heavy (non-hydrogen) atoms. The van der Waals surface area contributed by atoms with Crippen molar-refractivity contribution >= 4 is 40.1 Å². The van der Waals surface area contributed by atoms with E-state index in [0.29, 0.717) is 17.3 Å². The zero-order valence-electron chi connectivity index (χ0n) is 12.7. The predicted molar refractivity (Wildman–Crippen MR) is 92.3 cm³/mol. The third-order valence-electron chi connectivity index (χ3n) is 4.31. The number of benzene rings is 2. The Bertz CT molecular complexity index is 950. The number of anilines is 1. The summed E-state index contributed by atoms with van der Waals surface area (Å²) in [5.41, 5.74) is 2.17. The van der Waals surface area contributed by atoms with Gasteiger partial charge < -0.3 is 4.90 Å². The van der Waals surface area contributed by atoms with Crippen molar-refractivity contribution in [1.29, 1.82) is 0 Å². The van der Waals surface area contributed by atoms with Crippen LogP contribution in [-0.4, -0.2) is 27.9 Å². The quantitative estimate of drug-likeness (QED) is 0.719. The van der Waals surface area contributed by atoms with Crippen molar-refractivity contribution in [2.75, 3.05) is 11.4 Å². The van der Waals surface area contributed by atoms with Crippen LogP contribution < -0.4 is 4.90 Å². The number of amides is 1. The number of carbonyl (C=O) groups is 2. The number of imidazole rings is 1. The van der Waals surface area contributed by atoms with E-state index >= 15 is 0 Å². The Morgan fingerprint density at radius 3 is 2.71 bits per heavy atom. The van der Waals surface area contributed by atoms with Crippen LogP contribution in [0.4, 0.5) is 5.69 Å². The minimum Gasteiger partial charge on any atom is -0.310 e. The van der Waals surface area contributed by atoms with Crippen LogP contribution in [0.5, 0.6) is 0 Å². The van der Waals surface area contributed by atoms with Crippen molar-refractivity contribution in [3.05, 3.63) is 59.9 Å². The summed E-state index contributed by atoms with van der Waals surface area (Å²) >= 11 is 6.18. The molecule has 1 aromatic heterocycles. The molecule has 4 rings (SSSR count). The molecule has 1 amide bonds. The number of carbonyl (C=O) groups excluding carboxylic acids is 2. The van der Waals surface area contributed by atoms with Gasteiger partial charge in [-0.2, -0.15) is 0 Å². The molecular weight excluding hydrogens is 326 g/mol. The molecule has 1 aliphatic heterocycles. The number of hydrogen-bond donors (Lipinski definition) is 0. The standard InChI is InChI=1S/C18H14ClN3O2/c19-13-5-1-3-7-15(13)21-10-12(9-17(21)23)18(24)22-11-20-14-6-2-4-8-16(14)22/h1-8,11-12H,9-10H2. The zero-order chi connectivity index (χ0) is 16.7. The number of nitrogens with zero attached hydrogens (tertiary/aromatic N) is 3. The van der Waals surface area contributed by atoms with Crippen LogP contribution in [0.2, 0.25) is 5.02 Å². The Hall–Kier alpha value is -2.66. The lowest BCUT2D eigenvalue weighted by molar-refractivity contribution is -0.117. The van der Waals surface area contributed by atoms with E-state index in [-0.39, 0.29) is 18.2 Å². The van der Waals surface area contributed by atoms with Gasteiger partial charge in [-0.25, -0.2) is 4.98 Å². The number of hydrogen-bond acceptors (Lipinski definition) is 3. The van der Waals surface area contributed by atoms with Crippen LogP contribution in [0.15, 0.2) is 54.9 Å². The van der Waals surface area contributed by atoms with Crippen molar-refractivity contribution < 1.29 is 9.59 Å². The van der Waals surface area contributed by atoms with E-state index in [0.717, 1.165) is 11.0 Å². The van der Waals surface area contributed by atoms with Crippen LogP contribution in [0.1, 0.15) is 11.2 Å². The third kappa shape index (κ3) is 2.37. The summed E-state index contributed by atoms with van der Waals surface area (Å²) in [4.78, 5) is 31.0. The fourth-order valence-corrected chi connectivity index (χ4v) is 3.35. The van der Waals surface area contributed by atoms with Crippen LogP contribution in [0, 0.1) is 5.92 Å². The highest BCUT2D eigenvalue weighted by Gasteiger charge is 2.36. The summed E-state index contributed by atoms with van der Waals surface area (Å²) in [7, 11) is 0. The lowest BCUT2D eigenvalue weighted by atomic mass is 10.1. The number of rotatable bonds is 2. The van der Waals surface area contributed by atoms with Crippen molar-refractivity contribution in [2.45, 2.75) is 6.42 Å². The highest BCUT2D eigenvalue weighted by Crippen LogP contribution is 2.31. The Labute approximate surface area is 143 Å². The largest absolute Gasteiger partial charge is 0.310 e. The fraction of sp³-hybridized carbons (Fsp3) is 0.167. The summed E-state index contributed by atoms with van der Waals surface area (Å²) in [6, 6.07) is 14.6. The molecule has 0 radical (unpaired) electrons. The minimum absolute atomic E-state index is 0.0918. The van der Waals surface area contributed by atoms with Gasteiger partial charge in [0.2, 0.25) is 11.8 Å². The average molecular weight is 340 g/mol. The molecule has 0 aliphatic carbocycles. The van der Waals surface area contributed by atoms with E-state index in [1.165, 1.54) is 10.9 Å². The molecule has 0 bridgehead atoms. The second kappa shape index (κ2) is 5.76. The summed E-state index contributed by atoms with van der Waals surface area (Å²) in [5.74, 6) is -0.621. The van der Waals surface area contributed by atoms with Crippen molar-refractivity contribution in [3.8, 4) is 0 Å². The molecule has 1 saturated heterocycles. The van der Waals surface area contributed by atoms with Gasteiger partial charge in [-0.05, 0) is 24.3 Å². The molecule has 5 nitrogen and oxygen atoms in total. The molecule has 120 valence electrons. The van der Waals surface area contributed by atoms with Crippen LogP contribution in [-0.2, 0) is 4.79 Å². The van der Waals surface area contributed by atoms with Gasteiger partial charge in [0.1, 0.15) is 6.33 Å². The van der Waals surface area contributed by atoms with Gasteiger partial charge in [0, 0.05) is 13.0 Å². The molecular formula is C18H14ClN3O2. The normalized spacial score (nSPS) is 17.6. The van der Waals surface area contributed by atoms with E-state index in [2.05, 4.69) is 4.98 Å². The smallest absolute Gasteiger partial charge is 0.237 e. The van der Waals surface area contributed by atoms with Crippen molar-refractivity contribution in [3.63, 3.8) is 0 Å². The predicted octanol–water partition coefficient (Wildman–Crippen LogP) is 3.38. The fourth-order valence-electron chi connectivity index (χ4n) is 3.11. The molecule has 0 N–H and O–H groups in total. The first kappa shape index (κ1) is 14.9.